The van der Waals surface area contributed by atoms with Gasteiger partial charge in [0.1, 0.15) is 5.75 Å². The molecule has 1 heterocycles. The Labute approximate surface area is 151 Å². The number of hydrogen-bond acceptors (Lipinski definition) is 4. The van der Waals surface area contributed by atoms with E-state index in [9.17, 15) is 4.79 Å². The van der Waals surface area contributed by atoms with Crippen LogP contribution in [-0.4, -0.2) is 34.8 Å². The number of para-hydroxylation sites is 2. The maximum Gasteiger partial charge on any atom is 0.233 e. The van der Waals surface area contributed by atoms with Crippen molar-refractivity contribution in [3.8, 4) is 5.75 Å². The van der Waals surface area contributed by atoms with Gasteiger partial charge in [-0.05, 0) is 43.2 Å². The number of nitrogens with one attached hydrogen (secondary N) is 2. The maximum absolute atomic E-state index is 12.3. The molecule has 0 aliphatic heterocycles. The highest BCUT2D eigenvalue weighted by Crippen LogP contribution is 2.23. The van der Waals surface area contributed by atoms with Crippen LogP contribution in [0, 0.1) is 0 Å². The summed E-state index contributed by atoms with van der Waals surface area (Å²) in [4.78, 5) is 20.0. The summed E-state index contributed by atoms with van der Waals surface area (Å²) in [5.41, 5.74) is 3.06. The smallest absolute Gasteiger partial charge is 0.233 e. The Morgan fingerprint density at radius 2 is 2.00 bits per heavy atom. The zero-order chi connectivity index (χ0) is 17.6. The second kappa shape index (κ2) is 8.07. The van der Waals surface area contributed by atoms with Gasteiger partial charge in [-0.1, -0.05) is 36.0 Å². The van der Waals surface area contributed by atoms with Gasteiger partial charge < -0.3 is 15.0 Å². The zero-order valence-electron chi connectivity index (χ0n) is 14.3. The van der Waals surface area contributed by atoms with Gasteiger partial charge in [0.05, 0.1) is 23.4 Å². The number of H-pyrrole nitrogens is 1. The predicted octanol–water partition coefficient (Wildman–Crippen LogP) is 3.41. The molecule has 1 aromatic heterocycles. The molecule has 0 aliphatic rings. The summed E-state index contributed by atoms with van der Waals surface area (Å²) in [5.74, 6) is 0.850. The average molecular weight is 355 g/mol. The third kappa shape index (κ3) is 4.54. The number of carbonyl (C=O) groups excluding carboxylic acids is 1. The van der Waals surface area contributed by atoms with Crippen LogP contribution in [0.3, 0.4) is 0 Å². The molecule has 0 aliphatic carbocycles. The third-order valence-electron chi connectivity index (χ3n) is 3.90. The quantitative estimate of drug-likeness (QED) is 0.638. The molecule has 1 amide bonds. The number of aromatic nitrogens is 2. The molecule has 0 saturated heterocycles. The minimum absolute atomic E-state index is 0.0129. The van der Waals surface area contributed by atoms with Crippen molar-refractivity contribution in [2.24, 2.45) is 0 Å². The minimum Gasteiger partial charge on any atom is -0.497 e. The number of thioether (sulfide) groups is 1. The van der Waals surface area contributed by atoms with Gasteiger partial charge in [0, 0.05) is 6.54 Å². The van der Waals surface area contributed by atoms with Crippen LogP contribution >= 0.6 is 11.8 Å². The van der Waals surface area contributed by atoms with E-state index in [4.69, 9.17) is 4.74 Å². The van der Waals surface area contributed by atoms with Gasteiger partial charge in [-0.3, -0.25) is 4.79 Å². The van der Waals surface area contributed by atoms with Crippen LogP contribution < -0.4 is 10.1 Å². The number of carbonyl (C=O) groups is 1. The molecule has 5 nitrogen and oxygen atoms in total. The van der Waals surface area contributed by atoms with Crippen LogP contribution in [0.25, 0.3) is 11.0 Å². The summed E-state index contributed by atoms with van der Waals surface area (Å²) in [6.45, 7) is 2.50. The van der Waals surface area contributed by atoms with Crippen molar-refractivity contribution in [2.45, 2.75) is 23.8 Å². The lowest BCUT2D eigenvalue weighted by Crippen LogP contribution is -2.32. The van der Waals surface area contributed by atoms with Gasteiger partial charge in [0.2, 0.25) is 5.91 Å². The third-order valence-corrected chi connectivity index (χ3v) is 4.88. The summed E-state index contributed by atoms with van der Waals surface area (Å²) in [6, 6.07) is 15.7. The number of nitrogens with zero attached hydrogens (tertiary/aromatic N) is 1. The fourth-order valence-electron chi connectivity index (χ4n) is 2.47. The highest BCUT2D eigenvalue weighted by Gasteiger charge is 2.16. The van der Waals surface area contributed by atoms with Crippen molar-refractivity contribution in [1.29, 1.82) is 0 Å². The number of rotatable bonds is 7. The molecular weight excluding hydrogens is 334 g/mol. The van der Waals surface area contributed by atoms with Crippen molar-refractivity contribution < 1.29 is 9.53 Å². The summed E-state index contributed by atoms with van der Waals surface area (Å²) in [5, 5.41) is 3.53. The first-order chi connectivity index (χ1) is 12.2. The largest absolute Gasteiger partial charge is 0.497 e. The summed E-state index contributed by atoms with van der Waals surface area (Å²) >= 11 is 1.43. The molecule has 2 N–H and O–H groups in total. The van der Waals surface area contributed by atoms with E-state index in [1.807, 2.05) is 55.5 Å². The molecule has 3 rings (SSSR count). The zero-order valence-corrected chi connectivity index (χ0v) is 15.1. The standard InChI is InChI=1S/C19H21N3O2S/c1-13(25-19-21-16-5-3-4-6-17(16)22-19)18(23)20-12-11-14-7-9-15(24-2)10-8-14/h3-10,13H,11-12H2,1-2H3,(H,20,23)(H,21,22). The number of hydrogen-bond donors (Lipinski definition) is 2. The van der Waals surface area contributed by atoms with E-state index in [0.29, 0.717) is 6.54 Å². The Balaban J connectivity index is 1.48. The summed E-state index contributed by atoms with van der Waals surface area (Å²) in [7, 11) is 1.65. The van der Waals surface area contributed by atoms with Crippen molar-refractivity contribution >= 4 is 28.7 Å². The van der Waals surface area contributed by atoms with Gasteiger partial charge in [-0.2, -0.15) is 0 Å². The highest BCUT2D eigenvalue weighted by atomic mass is 32.2. The monoisotopic (exact) mass is 355 g/mol. The lowest BCUT2D eigenvalue weighted by atomic mass is 10.1. The Hall–Kier alpha value is -2.47. The number of ether oxygens (including phenoxy) is 1. The van der Waals surface area contributed by atoms with Crippen molar-refractivity contribution in [2.75, 3.05) is 13.7 Å². The van der Waals surface area contributed by atoms with Crippen LogP contribution in [0.1, 0.15) is 12.5 Å². The number of amides is 1. The molecule has 0 radical (unpaired) electrons. The topological polar surface area (TPSA) is 67.0 Å². The van der Waals surface area contributed by atoms with Gasteiger partial charge in [0.15, 0.2) is 5.16 Å². The second-order valence-corrected chi connectivity index (χ2v) is 7.04. The van der Waals surface area contributed by atoms with E-state index in [1.54, 1.807) is 7.11 Å². The molecule has 1 unspecified atom stereocenters. The van der Waals surface area contributed by atoms with Crippen LogP contribution in [0.5, 0.6) is 5.75 Å². The van der Waals surface area contributed by atoms with Crippen molar-refractivity contribution in [3.63, 3.8) is 0 Å². The lowest BCUT2D eigenvalue weighted by Gasteiger charge is -2.10. The number of benzene rings is 2. The van der Waals surface area contributed by atoms with Gasteiger partial charge in [-0.25, -0.2) is 4.98 Å². The molecule has 2 aromatic carbocycles. The van der Waals surface area contributed by atoms with Gasteiger partial charge >= 0.3 is 0 Å². The van der Waals surface area contributed by atoms with Crippen LogP contribution in [-0.2, 0) is 11.2 Å². The fourth-order valence-corrected chi connectivity index (χ4v) is 3.32. The van der Waals surface area contributed by atoms with Gasteiger partial charge in [0.25, 0.3) is 0 Å². The SMILES string of the molecule is COc1ccc(CCNC(=O)C(C)Sc2nc3ccccc3[nH]2)cc1. The van der Waals surface area contributed by atoms with E-state index < -0.39 is 0 Å². The number of imidazole rings is 1. The Morgan fingerprint density at radius 1 is 1.24 bits per heavy atom. The van der Waals surface area contributed by atoms with Crippen LogP contribution in [0.2, 0.25) is 0 Å². The molecule has 25 heavy (non-hydrogen) atoms. The fraction of sp³-hybridized carbons (Fsp3) is 0.263. The molecule has 0 spiro atoms. The molecule has 6 heteroatoms. The van der Waals surface area contributed by atoms with Crippen LogP contribution in [0.4, 0.5) is 0 Å². The molecule has 0 bridgehead atoms. The second-order valence-electron chi connectivity index (χ2n) is 5.71. The predicted molar refractivity (Wildman–Crippen MR) is 101 cm³/mol. The van der Waals surface area contributed by atoms with Crippen LogP contribution in [0.15, 0.2) is 53.7 Å². The van der Waals surface area contributed by atoms with E-state index in [1.165, 1.54) is 17.3 Å². The molecular formula is C19H21N3O2S. The Bertz CT molecular complexity index is 812. The average Bonchev–Trinajstić information content (AvgIpc) is 3.04. The summed E-state index contributed by atoms with van der Waals surface area (Å²) < 4.78 is 5.14. The number of fused-ring (bicyclic) bond motifs is 1. The molecule has 130 valence electrons. The first kappa shape index (κ1) is 17.4. The summed E-state index contributed by atoms with van der Waals surface area (Å²) in [6.07, 6.45) is 0.789. The Morgan fingerprint density at radius 3 is 2.72 bits per heavy atom. The first-order valence-electron chi connectivity index (χ1n) is 8.18. The molecule has 0 saturated carbocycles. The van der Waals surface area contributed by atoms with Gasteiger partial charge in [-0.15, -0.1) is 0 Å². The first-order valence-corrected chi connectivity index (χ1v) is 9.06. The molecule has 1 atom stereocenters. The number of methoxy groups -OCH3 is 1. The van der Waals surface area contributed by atoms with Crippen molar-refractivity contribution in [1.82, 2.24) is 15.3 Å². The van der Waals surface area contributed by atoms with E-state index in [0.717, 1.165) is 28.4 Å². The lowest BCUT2D eigenvalue weighted by molar-refractivity contribution is -0.120. The van der Waals surface area contributed by atoms with E-state index >= 15 is 0 Å². The minimum atomic E-state index is -0.212. The Kier molecular flexibility index (Phi) is 5.60. The highest BCUT2D eigenvalue weighted by molar-refractivity contribution is 8.00. The molecule has 0 fully saturated rings. The van der Waals surface area contributed by atoms with E-state index in [2.05, 4.69) is 15.3 Å². The molecule has 3 aromatic rings. The normalized spacial score (nSPS) is 12.1. The maximum atomic E-state index is 12.3. The van der Waals surface area contributed by atoms with Crippen molar-refractivity contribution in [3.05, 3.63) is 54.1 Å². The number of aromatic amines is 1. The van der Waals surface area contributed by atoms with E-state index in [-0.39, 0.29) is 11.2 Å².